The van der Waals surface area contributed by atoms with Gasteiger partial charge in [-0.2, -0.15) is 0 Å². The number of rotatable bonds is 8. The van der Waals surface area contributed by atoms with Crippen LogP contribution >= 0.6 is 0 Å². The summed E-state index contributed by atoms with van der Waals surface area (Å²) in [5.41, 5.74) is 2.46. The van der Waals surface area contributed by atoms with Crippen LogP contribution in [-0.2, 0) is 16.0 Å². The molecule has 0 fully saturated rings. The van der Waals surface area contributed by atoms with E-state index in [-0.39, 0.29) is 12.4 Å². The fourth-order valence-corrected chi connectivity index (χ4v) is 3.11. The standard InChI is InChI=1S/C24H24O5/c1-3-27-23(25)14-13-21-17(2)20-12-11-19(16-22(20)29-24(21)26)28-15-7-10-18-8-5-4-6-9-18/h4-12,16H,3,13-15H2,1-2H3. The maximum absolute atomic E-state index is 12.4. The fourth-order valence-electron chi connectivity index (χ4n) is 3.11. The summed E-state index contributed by atoms with van der Waals surface area (Å²) >= 11 is 0. The molecular formula is C24H24O5. The van der Waals surface area contributed by atoms with E-state index in [4.69, 9.17) is 13.9 Å². The molecule has 0 saturated heterocycles. The van der Waals surface area contributed by atoms with Gasteiger partial charge in [0.1, 0.15) is 17.9 Å². The van der Waals surface area contributed by atoms with Crippen LogP contribution < -0.4 is 10.4 Å². The van der Waals surface area contributed by atoms with Crippen molar-refractivity contribution in [2.75, 3.05) is 13.2 Å². The number of benzene rings is 2. The third-order valence-corrected chi connectivity index (χ3v) is 4.60. The van der Waals surface area contributed by atoms with E-state index in [1.807, 2.05) is 61.5 Å². The first-order valence-electron chi connectivity index (χ1n) is 9.65. The topological polar surface area (TPSA) is 65.7 Å². The zero-order valence-electron chi connectivity index (χ0n) is 16.6. The first kappa shape index (κ1) is 20.4. The van der Waals surface area contributed by atoms with Crippen LogP contribution in [0.15, 0.2) is 63.8 Å². The highest BCUT2D eigenvalue weighted by atomic mass is 16.5. The zero-order chi connectivity index (χ0) is 20.6. The predicted molar refractivity (Wildman–Crippen MR) is 113 cm³/mol. The van der Waals surface area contributed by atoms with Gasteiger partial charge in [-0.15, -0.1) is 0 Å². The summed E-state index contributed by atoms with van der Waals surface area (Å²) in [4.78, 5) is 24.0. The van der Waals surface area contributed by atoms with Crippen LogP contribution in [0.4, 0.5) is 0 Å². The summed E-state index contributed by atoms with van der Waals surface area (Å²) in [6, 6.07) is 15.4. The largest absolute Gasteiger partial charge is 0.489 e. The van der Waals surface area contributed by atoms with Crippen molar-refractivity contribution in [2.45, 2.75) is 26.7 Å². The molecule has 3 rings (SSSR count). The van der Waals surface area contributed by atoms with E-state index in [9.17, 15) is 9.59 Å². The molecule has 0 amide bonds. The molecule has 3 aromatic rings. The Morgan fingerprint density at radius 1 is 1.14 bits per heavy atom. The molecule has 1 heterocycles. The van der Waals surface area contributed by atoms with Crippen LogP contribution in [-0.4, -0.2) is 19.2 Å². The van der Waals surface area contributed by atoms with Crippen molar-refractivity contribution in [1.29, 1.82) is 0 Å². The van der Waals surface area contributed by atoms with Gasteiger partial charge >= 0.3 is 11.6 Å². The molecule has 0 spiro atoms. The third-order valence-electron chi connectivity index (χ3n) is 4.60. The average Bonchev–Trinajstić information content (AvgIpc) is 2.72. The first-order chi connectivity index (χ1) is 14.1. The van der Waals surface area contributed by atoms with Crippen LogP contribution in [0.25, 0.3) is 17.0 Å². The number of fused-ring (bicyclic) bond motifs is 1. The maximum atomic E-state index is 12.4. The summed E-state index contributed by atoms with van der Waals surface area (Å²) in [5.74, 6) is 0.302. The minimum Gasteiger partial charge on any atom is -0.489 e. The van der Waals surface area contributed by atoms with Crippen molar-refractivity contribution in [1.82, 2.24) is 0 Å². The van der Waals surface area contributed by atoms with Crippen molar-refractivity contribution in [2.24, 2.45) is 0 Å². The number of hydrogen-bond acceptors (Lipinski definition) is 5. The van der Waals surface area contributed by atoms with Gasteiger partial charge in [-0.1, -0.05) is 36.4 Å². The van der Waals surface area contributed by atoms with E-state index in [0.29, 0.717) is 36.5 Å². The normalized spacial score (nSPS) is 11.1. The summed E-state index contributed by atoms with van der Waals surface area (Å²) in [7, 11) is 0. The molecule has 5 nitrogen and oxygen atoms in total. The first-order valence-corrected chi connectivity index (χ1v) is 9.65. The van der Waals surface area contributed by atoms with Gasteiger partial charge in [0, 0.05) is 23.4 Å². The molecule has 0 N–H and O–H groups in total. The Labute approximate surface area is 169 Å². The van der Waals surface area contributed by atoms with Crippen LogP contribution in [0.3, 0.4) is 0 Å². The molecule has 1 aromatic heterocycles. The summed E-state index contributed by atoms with van der Waals surface area (Å²) in [5, 5.41) is 0.829. The van der Waals surface area contributed by atoms with Gasteiger partial charge in [0.15, 0.2) is 0 Å². The van der Waals surface area contributed by atoms with E-state index in [0.717, 1.165) is 16.5 Å². The Bertz CT molecular complexity index is 1060. The van der Waals surface area contributed by atoms with Crippen LogP contribution in [0.5, 0.6) is 5.75 Å². The molecule has 0 aliphatic carbocycles. The number of carbonyl (C=O) groups is 1. The fraction of sp³-hybridized carbons (Fsp3) is 0.250. The van der Waals surface area contributed by atoms with E-state index in [1.54, 1.807) is 13.0 Å². The van der Waals surface area contributed by atoms with Crippen LogP contribution in [0.1, 0.15) is 30.0 Å². The average molecular weight is 392 g/mol. The lowest BCUT2D eigenvalue weighted by molar-refractivity contribution is -0.143. The van der Waals surface area contributed by atoms with E-state index in [1.165, 1.54) is 0 Å². The molecule has 0 radical (unpaired) electrons. The zero-order valence-corrected chi connectivity index (χ0v) is 16.6. The number of aryl methyl sites for hydroxylation is 1. The van der Waals surface area contributed by atoms with Gasteiger partial charge in [-0.3, -0.25) is 4.79 Å². The van der Waals surface area contributed by atoms with E-state index >= 15 is 0 Å². The highest BCUT2D eigenvalue weighted by Crippen LogP contribution is 2.24. The Hall–Kier alpha value is -3.34. The van der Waals surface area contributed by atoms with Crippen molar-refractivity contribution in [3.8, 4) is 5.75 Å². The van der Waals surface area contributed by atoms with Gasteiger partial charge in [0.05, 0.1) is 6.61 Å². The third kappa shape index (κ3) is 5.35. The lowest BCUT2D eigenvalue weighted by atomic mass is 10.0. The highest BCUT2D eigenvalue weighted by molar-refractivity contribution is 5.82. The Kier molecular flexibility index (Phi) is 6.85. The minimum absolute atomic E-state index is 0.153. The number of hydrogen-bond donors (Lipinski definition) is 0. The number of carbonyl (C=O) groups excluding carboxylic acids is 1. The SMILES string of the molecule is CCOC(=O)CCc1c(C)c2ccc(OCC=Cc3ccccc3)cc2oc1=O. The molecule has 2 aromatic carbocycles. The predicted octanol–water partition coefficient (Wildman–Crippen LogP) is 4.69. The quantitative estimate of drug-likeness (QED) is 0.411. The summed E-state index contributed by atoms with van der Waals surface area (Å²) in [6.45, 7) is 4.35. The van der Waals surface area contributed by atoms with Crippen LogP contribution in [0.2, 0.25) is 0 Å². The molecule has 5 heteroatoms. The molecule has 0 saturated carbocycles. The lowest BCUT2D eigenvalue weighted by Gasteiger charge is -2.09. The Morgan fingerprint density at radius 2 is 1.93 bits per heavy atom. The molecule has 29 heavy (non-hydrogen) atoms. The molecular weight excluding hydrogens is 368 g/mol. The van der Waals surface area contributed by atoms with Crippen LogP contribution in [0, 0.1) is 6.92 Å². The molecule has 0 unspecified atom stereocenters. The van der Waals surface area contributed by atoms with E-state index < -0.39 is 5.63 Å². The number of esters is 1. The van der Waals surface area contributed by atoms with Crippen molar-refractivity contribution < 1.29 is 18.7 Å². The second kappa shape index (κ2) is 9.73. The van der Waals surface area contributed by atoms with Crippen molar-refractivity contribution in [3.05, 3.63) is 81.7 Å². The highest BCUT2D eigenvalue weighted by Gasteiger charge is 2.14. The smallest absolute Gasteiger partial charge is 0.339 e. The molecule has 0 aliphatic heterocycles. The lowest BCUT2D eigenvalue weighted by Crippen LogP contribution is -2.13. The van der Waals surface area contributed by atoms with Gasteiger partial charge in [0.2, 0.25) is 0 Å². The molecule has 0 aliphatic rings. The number of ether oxygens (including phenoxy) is 2. The molecule has 0 atom stereocenters. The van der Waals surface area contributed by atoms with Gasteiger partial charge in [0.25, 0.3) is 0 Å². The van der Waals surface area contributed by atoms with Gasteiger partial charge in [-0.25, -0.2) is 4.79 Å². The Morgan fingerprint density at radius 3 is 2.69 bits per heavy atom. The van der Waals surface area contributed by atoms with Crippen molar-refractivity contribution in [3.63, 3.8) is 0 Å². The van der Waals surface area contributed by atoms with Crippen molar-refractivity contribution >= 4 is 23.0 Å². The maximum Gasteiger partial charge on any atom is 0.339 e. The summed E-state index contributed by atoms with van der Waals surface area (Å²) in [6.07, 6.45) is 4.37. The minimum atomic E-state index is -0.430. The molecule has 150 valence electrons. The summed E-state index contributed by atoms with van der Waals surface area (Å²) < 4.78 is 16.1. The monoisotopic (exact) mass is 392 g/mol. The molecule has 0 bridgehead atoms. The second-order valence-corrected chi connectivity index (χ2v) is 6.58. The second-order valence-electron chi connectivity index (χ2n) is 6.58. The van der Waals surface area contributed by atoms with Gasteiger partial charge in [-0.05, 0) is 49.6 Å². The Balaban J connectivity index is 1.71. The van der Waals surface area contributed by atoms with E-state index in [2.05, 4.69) is 0 Å². The van der Waals surface area contributed by atoms with Gasteiger partial charge < -0.3 is 13.9 Å².